The van der Waals surface area contributed by atoms with Gasteiger partial charge in [0.1, 0.15) is 0 Å². The number of hydrogen-bond donors (Lipinski definition) is 2. The van der Waals surface area contributed by atoms with E-state index in [1.165, 1.54) is 4.90 Å². The average Bonchev–Trinajstić information content (AvgIpc) is 2.21. The van der Waals surface area contributed by atoms with Crippen LogP contribution in [0, 0.1) is 12.3 Å². The summed E-state index contributed by atoms with van der Waals surface area (Å²) in [5.74, 6) is 2.02. The predicted molar refractivity (Wildman–Crippen MR) is 58.0 cm³/mol. The average molecular weight is 211 g/mol. The van der Waals surface area contributed by atoms with Crippen LogP contribution in [0.5, 0.6) is 0 Å². The van der Waals surface area contributed by atoms with Gasteiger partial charge in [0.25, 0.3) is 0 Å². The van der Waals surface area contributed by atoms with Crippen LogP contribution in [-0.2, 0) is 9.59 Å². The topological polar surface area (TPSA) is 61.4 Å². The van der Waals surface area contributed by atoms with Gasteiger partial charge in [0.15, 0.2) is 0 Å². The maximum absolute atomic E-state index is 11.3. The number of nitrogens with zero attached hydrogens (tertiary/aromatic N) is 1. The summed E-state index contributed by atoms with van der Waals surface area (Å²) in [4.78, 5) is 23.9. The Morgan fingerprint density at radius 1 is 1.47 bits per heavy atom. The van der Waals surface area contributed by atoms with Crippen LogP contribution >= 0.6 is 0 Å². The molecule has 0 radical (unpaired) electrons. The molecule has 0 saturated carbocycles. The molecule has 0 aliphatic heterocycles. The van der Waals surface area contributed by atoms with E-state index in [0.717, 1.165) is 0 Å². The van der Waals surface area contributed by atoms with Crippen molar-refractivity contribution in [3.63, 3.8) is 0 Å². The van der Waals surface area contributed by atoms with Crippen molar-refractivity contribution in [1.82, 2.24) is 15.5 Å². The lowest BCUT2D eigenvalue weighted by molar-refractivity contribution is -0.128. The summed E-state index contributed by atoms with van der Waals surface area (Å²) in [6.45, 7) is 2.01. The fraction of sp³-hybridized carbons (Fsp3) is 0.600. The fourth-order valence-corrected chi connectivity index (χ4v) is 0.782. The Balaban J connectivity index is 3.83. The van der Waals surface area contributed by atoms with Gasteiger partial charge in [-0.1, -0.05) is 5.92 Å². The van der Waals surface area contributed by atoms with Crippen molar-refractivity contribution in [2.24, 2.45) is 0 Å². The highest BCUT2D eigenvalue weighted by molar-refractivity contribution is 5.83. The Bertz CT molecular complexity index is 268. The summed E-state index contributed by atoms with van der Waals surface area (Å²) in [5.41, 5.74) is 0. The van der Waals surface area contributed by atoms with Crippen molar-refractivity contribution in [3.8, 4) is 12.3 Å². The molecule has 0 aliphatic carbocycles. The third kappa shape index (κ3) is 5.70. The fourth-order valence-electron chi connectivity index (χ4n) is 0.782. The third-order valence-corrected chi connectivity index (χ3v) is 1.82. The van der Waals surface area contributed by atoms with Crippen molar-refractivity contribution in [3.05, 3.63) is 0 Å². The molecule has 0 heterocycles. The van der Waals surface area contributed by atoms with Crippen LogP contribution in [0.25, 0.3) is 0 Å². The van der Waals surface area contributed by atoms with Crippen molar-refractivity contribution in [2.45, 2.75) is 13.0 Å². The summed E-state index contributed by atoms with van der Waals surface area (Å²) in [5, 5.41) is 5.32. The van der Waals surface area contributed by atoms with Gasteiger partial charge < -0.3 is 10.2 Å². The van der Waals surface area contributed by atoms with Gasteiger partial charge in [-0.25, -0.2) is 0 Å². The van der Waals surface area contributed by atoms with Gasteiger partial charge in [0.2, 0.25) is 11.8 Å². The maximum atomic E-state index is 11.3. The van der Waals surface area contributed by atoms with Gasteiger partial charge in [-0.3, -0.25) is 14.9 Å². The van der Waals surface area contributed by atoms with Gasteiger partial charge in [-0.05, 0) is 6.92 Å². The molecule has 1 unspecified atom stereocenters. The smallest absolute Gasteiger partial charge is 0.237 e. The molecule has 5 nitrogen and oxygen atoms in total. The van der Waals surface area contributed by atoms with E-state index in [1.54, 1.807) is 21.0 Å². The highest BCUT2D eigenvalue weighted by Gasteiger charge is 2.13. The van der Waals surface area contributed by atoms with E-state index in [4.69, 9.17) is 6.42 Å². The number of carbonyl (C=O) groups excluding carboxylic acids is 2. The van der Waals surface area contributed by atoms with E-state index in [9.17, 15) is 9.59 Å². The summed E-state index contributed by atoms with van der Waals surface area (Å²) in [6, 6.07) is -0.428. The summed E-state index contributed by atoms with van der Waals surface area (Å²) >= 11 is 0. The lowest BCUT2D eigenvalue weighted by atomic mass is 10.3. The number of terminal acetylenes is 1. The van der Waals surface area contributed by atoms with Gasteiger partial charge in [0.05, 0.1) is 19.1 Å². The van der Waals surface area contributed by atoms with Crippen molar-refractivity contribution < 1.29 is 9.59 Å². The van der Waals surface area contributed by atoms with E-state index in [2.05, 4.69) is 16.6 Å². The first kappa shape index (κ1) is 13.5. The van der Waals surface area contributed by atoms with Crippen LogP contribution in [-0.4, -0.2) is 49.9 Å². The van der Waals surface area contributed by atoms with E-state index in [-0.39, 0.29) is 24.9 Å². The van der Waals surface area contributed by atoms with Crippen LogP contribution in [0.4, 0.5) is 0 Å². The lowest BCUT2D eigenvalue weighted by Crippen LogP contribution is -2.45. The predicted octanol–water partition coefficient (Wildman–Crippen LogP) is -1.20. The Kier molecular flexibility index (Phi) is 6.14. The van der Waals surface area contributed by atoms with Gasteiger partial charge >= 0.3 is 0 Å². The molecule has 84 valence electrons. The monoisotopic (exact) mass is 211 g/mol. The first-order valence-corrected chi connectivity index (χ1v) is 4.63. The zero-order chi connectivity index (χ0) is 11.8. The summed E-state index contributed by atoms with van der Waals surface area (Å²) in [7, 11) is 3.32. The number of carbonyl (C=O) groups is 2. The molecule has 0 rings (SSSR count). The van der Waals surface area contributed by atoms with Crippen LogP contribution in [0.1, 0.15) is 6.92 Å². The lowest BCUT2D eigenvalue weighted by Gasteiger charge is -2.15. The number of hydrogen-bond acceptors (Lipinski definition) is 3. The zero-order valence-corrected chi connectivity index (χ0v) is 9.33. The summed E-state index contributed by atoms with van der Waals surface area (Å²) in [6.07, 6.45) is 4.99. The van der Waals surface area contributed by atoms with E-state index < -0.39 is 6.04 Å². The normalized spacial score (nSPS) is 11.3. The van der Waals surface area contributed by atoms with Crippen molar-refractivity contribution in [2.75, 3.05) is 27.2 Å². The molecule has 15 heavy (non-hydrogen) atoms. The number of amides is 2. The third-order valence-electron chi connectivity index (χ3n) is 1.82. The molecule has 0 aromatic heterocycles. The SMILES string of the molecule is C#CCNC(=O)C(C)NCC(=O)N(C)C. The molecule has 0 spiro atoms. The Labute approximate surface area is 90.2 Å². The molecule has 0 aromatic rings. The minimum absolute atomic E-state index is 0.0772. The van der Waals surface area contributed by atoms with Crippen LogP contribution in [0.15, 0.2) is 0 Å². The quantitative estimate of drug-likeness (QED) is 0.562. The van der Waals surface area contributed by atoms with E-state index in [1.807, 2.05) is 0 Å². The molecule has 1 atom stereocenters. The summed E-state index contributed by atoms with van der Waals surface area (Å²) < 4.78 is 0. The molecule has 0 aromatic carbocycles. The minimum atomic E-state index is -0.428. The Hall–Kier alpha value is -1.54. The second-order valence-corrected chi connectivity index (χ2v) is 3.31. The largest absolute Gasteiger partial charge is 0.348 e. The molecular formula is C10H17N3O2. The molecule has 0 saturated heterocycles. The molecule has 0 aliphatic rings. The zero-order valence-electron chi connectivity index (χ0n) is 9.33. The second kappa shape index (κ2) is 6.85. The van der Waals surface area contributed by atoms with Crippen LogP contribution < -0.4 is 10.6 Å². The number of nitrogens with one attached hydrogen (secondary N) is 2. The number of likely N-dealkylation sites (N-methyl/N-ethyl adjacent to an activating group) is 1. The molecule has 0 fully saturated rings. The van der Waals surface area contributed by atoms with E-state index in [0.29, 0.717) is 0 Å². The standard InChI is InChI=1S/C10H17N3O2/c1-5-6-11-10(15)8(2)12-7-9(14)13(3)4/h1,8,12H,6-7H2,2-4H3,(H,11,15). The first-order chi connectivity index (χ1) is 6.99. The molecule has 5 heteroatoms. The second-order valence-electron chi connectivity index (χ2n) is 3.31. The van der Waals surface area contributed by atoms with Crippen LogP contribution in [0.2, 0.25) is 0 Å². The maximum Gasteiger partial charge on any atom is 0.237 e. The molecular weight excluding hydrogens is 194 g/mol. The van der Waals surface area contributed by atoms with Crippen molar-refractivity contribution in [1.29, 1.82) is 0 Å². The van der Waals surface area contributed by atoms with Gasteiger partial charge in [-0.15, -0.1) is 6.42 Å². The Morgan fingerprint density at radius 2 is 2.07 bits per heavy atom. The van der Waals surface area contributed by atoms with E-state index >= 15 is 0 Å². The first-order valence-electron chi connectivity index (χ1n) is 4.63. The van der Waals surface area contributed by atoms with Gasteiger partial charge in [-0.2, -0.15) is 0 Å². The van der Waals surface area contributed by atoms with Crippen molar-refractivity contribution >= 4 is 11.8 Å². The highest BCUT2D eigenvalue weighted by atomic mass is 16.2. The molecule has 0 bridgehead atoms. The molecule has 2 amide bonds. The minimum Gasteiger partial charge on any atom is -0.348 e. The number of rotatable bonds is 5. The highest BCUT2D eigenvalue weighted by Crippen LogP contribution is 1.83. The van der Waals surface area contributed by atoms with Gasteiger partial charge in [0, 0.05) is 14.1 Å². The molecule has 2 N–H and O–H groups in total. The Morgan fingerprint density at radius 3 is 2.53 bits per heavy atom. The van der Waals surface area contributed by atoms with Crippen LogP contribution in [0.3, 0.4) is 0 Å².